The molecule has 1 atom stereocenters. The van der Waals surface area contributed by atoms with Gasteiger partial charge in [-0.2, -0.15) is 0 Å². The average molecular weight is 437 g/mol. The zero-order valence-electron chi connectivity index (χ0n) is 18.8. The topological polar surface area (TPSA) is 82.9 Å². The number of amides is 1. The van der Waals surface area contributed by atoms with Crippen LogP contribution in [0.5, 0.6) is 17.2 Å². The number of carbonyl (C=O) groups is 1. The van der Waals surface area contributed by atoms with Gasteiger partial charge in [0.15, 0.2) is 11.5 Å². The number of methoxy groups -OCH3 is 3. The van der Waals surface area contributed by atoms with E-state index in [0.29, 0.717) is 52.6 Å². The average Bonchev–Trinajstić information content (AvgIpc) is 3.37. The molecule has 2 aromatic carbocycles. The van der Waals surface area contributed by atoms with Crippen molar-refractivity contribution in [3.8, 4) is 28.6 Å². The molecule has 2 heterocycles. The highest BCUT2D eigenvalue weighted by Crippen LogP contribution is 2.41. The van der Waals surface area contributed by atoms with Crippen LogP contribution in [0, 0.1) is 0 Å². The molecule has 0 bridgehead atoms. The van der Waals surface area contributed by atoms with Crippen molar-refractivity contribution in [2.45, 2.75) is 25.8 Å². The Morgan fingerprint density at radius 1 is 1.00 bits per heavy atom. The van der Waals surface area contributed by atoms with E-state index >= 15 is 0 Å². The zero-order valence-corrected chi connectivity index (χ0v) is 18.8. The molecular formula is C24H27N3O5. The third-order valence-electron chi connectivity index (χ3n) is 5.89. The summed E-state index contributed by atoms with van der Waals surface area (Å²) in [6, 6.07) is 9.90. The summed E-state index contributed by atoms with van der Waals surface area (Å²) in [7, 11) is 4.59. The van der Waals surface area contributed by atoms with Crippen LogP contribution in [0.15, 0.2) is 41.2 Å². The number of benzene rings is 2. The van der Waals surface area contributed by atoms with Gasteiger partial charge in [-0.15, -0.1) is 0 Å². The third kappa shape index (κ3) is 3.66. The fourth-order valence-electron chi connectivity index (χ4n) is 4.23. The van der Waals surface area contributed by atoms with E-state index < -0.39 is 6.04 Å². The molecule has 4 rings (SSSR count). The number of ether oxygens (including phenoxy) is 3. The molecule has 0 radical (unpaired) electrons. The second kappa shape index (κ2) is 8.90. The number of carbonyl (C=O) groups excluding carboxylic acids is 1. The second-order valence-electron chi connectivity index (χ2n) is 7.75. The summed E-state index contributed by atoms with van der Waals surface area (Å²) < 4.78 is 17.9. The molecule has 3 aromatic rings. The van der Waals surface area contributed by atoms with E-state index in [2.05, 4.69) is 0 Å². The highest BCUT2D eigenvalue weighted by molar-refractivity contribution is 5.84. The highest BCUT2D eigenvalue weighted by Gasteiger charge is 2.29. The second-order valence-corrected chi connectivity index (χ2v) is 7.75. The summed E-state index contributed by atoms with van der Waals surface area (Å²) in [5, 5.41) is 0.463. The van der Waals surface area contributed by atoms with E-state index in [1.807, 2.05) is 11.0 Å². The van der Waals surface area contributed by atoms with E-state index in [4.69, 9.17) is 19.2 Å². The fraction of sp³-hybridized carbons (Fsp3) is 0.375. The molecule has 0 N–H and O–H groups in total. The molecule has 0 spiro atoms. The van der Waals surface area contributed by atoms with Crippen LogP contribution < -0.4 is 19.8 Å². The van der Waals surface area contributed by atoms with Gasteiger partial charge in [-0.3, -0.25) is 14.2 Å². The highest BCUT2D eigenvalue weighted by atomic mass is 16.5. The molecule has 1 saturated heterocycles. The Bertz CT molecular complexity index is 1190. The lowest BCUT2D eigenvalue weighted by molar-refractivity contribution is -0.133. The van der Waals surface area contributed by atoms with Crippen molar-refractivity contribution in [1.82, 2.24) is 14.5 Å². The van der Waals surface area contributed by atoms with Gasteiger partial charge in [-0.25, -0.2) is 4.98 Å². The maximum absolute atomic E-state index is 13.6. The van der Waals surface area contributed by atoms with Crippen LogP contribution in [0.2, 0.25) is 0 Å². The fourth-order valence-corrected chi connectivity index (χ4v) is 4.23. The molecular weight excluding hydrogens is 410 g/mol. The number of hydrogen-bond donors (Lipinski definition) is 0. The first kappa shape index (κ1) is 21.7. The Balaban J connectivity index is 1.97. The lowest BCUT2D eigenvalue weighted by Crippen LogP contribution is -2.38. The summed E-state index contributed by atoms with van der Waals surface area (Å²) in [5.41, 5.74) is 0.876. The van der Waals surface area contributed by atoms with Crippen LogP contribution in [-0.2, 0) is 4.79 Å². The molecule has 1 aliphatic rings. The lowest BCUT2D eigenvalue weighted by Gasteiger charge is -2.24. The quantitative estimate of drug-likeness (QED) is 0.589. The minimum atomic E-state index is -0.716. The van der Waals surface area contributed by atoms with Crippen LogP contribution in [0.1, 0.15) is 25.8 Å². The molecule has 8 nitrogen and oxygen atoms in total. The van der Waals surface area contributed by atoms with Crippen molar-refractivity contribution in [2.24, 2.45) is 0 Å². The van der Waals surface area contributed by atoms with Gasteiger partial charge >= 0.3 is 0 Å². The number of fused-ring (bicyclic) bond motifs is 1. The number of hydrogen-bond acceptors (Lipinski definition) is 6. The summed E-state index contributed by atoms with van der Waals surface area (Å²) in [6.45, 7) is 3.16. The van der Waals surface area contributed by atoms with Crippen molar-refractivity contribution >= 4 is 16.8 Å². The number of aromatic nitrogens is 2. The SMILES string of the molecule is COc1cc(-c2nc3ccccc3c(=O)n2C(C)C(=O)N2CCCC2)cc(OC)c1OC. The summed E-state index contributed by atoms with van der Waals surface area (Å²) in [5.74, 6) is 1.60. The van der Waals surface area contributed by atoms with Crippen molar-refractivity contribution in [2.75, 3.05) is 34.4 Å². The van der Waals surface area contributed by atoms with Gasteiger partial charge in [0.25, 0.3) is 5.56 Å². The Labute approximate surface area is 186 Å². The molecule has 0 saturated carbocycles. The molecule has 1 aliphatic heterocycles. The summed E-state index contributed by atoms with van der Waals surface area (Å²) >= 11 is 0. The summed E-state index contributed by atoms with van der Waals surface area (Å²) in [4.78, 5) is 33.4. The van der Waals surface area contributed by atoms with Gasteiger partial charge in [-0.05, 0) is 44.0 Å². The maximum atomic E-state index is 13.6. The van der Waals surface area contributed by atoms with E-state index in [-0.39, 0.29) is 11.5 Å². The van der Waals surface area contributed by atoms with E-state index in [1.165, 1.54) is 25.9 Å². The Morgan fingerprint density at radius 3 is 2.22 bits per heavy atom. The van der Waals surface area contributed by atoms with Crippen LogP contribution in [0.4, 0.5) is 0 Å². The molecule has 1 aromatic heterocycles. The largest absolute Gasteiger partial charge is 0.493 e. The zero-order chi connectivity index (χ0) is 22.8. The number of likely N-dealkylation sites (tertiary alicyclic amines) is 1. The smallest absolute Gasteiger partial charge is 0.262 e. The standard InChI is InChI=1S/C24H27N3O5/c1-15(23(28)26-11-7-8-12-26)27-22(25-18-10-6-5-9-17(18)24(27)29)16-13-19(30-2)21(32-4)20(14-16)31-3/h5-6,9-10,13-15H,7-8,11-12H2,1-4H3. The minimum absolute atomic E-state index is 0.0876. The maximum Gasteiger partial charge on any atom is 0.262 e. The van der Waals surface area contributed by atoms with Crippen molar-refractivity contribution in [3.63, 3.8) is 0 Å². The number of nitrogens with zero attached hydrogens (tertiary/aromatic N) is 3. The van der Waals surface area contributed by atoms with Crippen LogP contribution >= 0.6 is 0 Å². The van der Waals surface area contributed by atoms with Crippen molar-refractivity contribution in [3.05, 3.63) is 46.8 Å². The molecule has 1 unspecified atom stereocenters. The van der Waals surface area contributed by atoms with Gasteiger partial charge in [0.05, 0.1) is 32.2 Å². The third-order valence-corrected chi connectivity index (χ3v) is 5.89. The van der Waals surface area contributed by atoms with Gasteiger partial charge < -0.3 is 19.1 Å². The Hall–Kier alpha value is -3.55. The first-order valence-electron chi connectivity index (χ1n) is 10.6. The van der Waals surface area contributed by atoms with Crippen LogP contribution in [-0.4, -0.2) is 54.8 Å². The van der Waals surface area contributed by atoms with E-state index in [1.54, 1.807) is 37.3 Å². The molecule has 1 amide bonds. The van der Waals surface area contributed by atoms with E-state index in [0.717, 1.165) is 12.8 Å². The minimum Gasteiger partial charge on any atom is -0.493 e. The van der Waals surface area contributed by atoms with Crippen molar-refractivity contribution in [1.29, 1.82) is 0 Å². The first-order valence-corrected chi connectivity index (χ1v) is 10.6. The molecule has 1 fully saturated rings. The van der Waals surface area contributed by atoms with Crippen LogP contribution in [0.3, 0.4) is 0 Å². The lowest BCUT2D eigenvalue weighted by atomic mass is 10.1. The predicted octanol–water partition coefficient (Wildman–Crippen LogP) is 3.27. The van der Waals surface area contributed by atoms with Gasteiger partial charge in [0.2, 0.25) is 11.7 Å². The number of para-hydroxylation sites is 1. The normalized spacial score (nSPS) is 14.4. The van der Waals surface area contributed by atoms with Crippen molar-refractivity contribution < 1.29 is 19.0 Å². The van der Waals surface area contributed by atoms with Gasteiger partial charge in [0, 0.05) is 18.7 Å². The molecule has 168 valence electrons. The van der Waals surface area contributed by atoms with Crippen LogP contribution in [0.25, 0.3) is 22.3 Å². The Morgan fingerprint density at radius 2 is 1.62 bits per heavy atom. The van der Waals surface area contributed by atoms with Gasteiger partial charge in [-0.1, -0.05) is 12.1 Å². The summed E-state index contributed by atoms with van der Waals surface area (Å²) in [6.07, 6.45) is 1.95. The Kier molecular flexibility index (Phi) is 6.03. The molecule has 0 aliphatic carbocycles. The monoisotopic (exact) mass is 437 g/mol. The van der Waals surface area contributed by atoms with E-state index in [9.17, 15) is 9.59 Å². The molecule has 8 heteroatoms. The first-order chi connectivity index (χ1) is 15.5. The number of rotatable bonds is 6. The molecule has 32 heavy (non-hydrogen) atoms. The predicted molar refractivity (Wildman–Crippen MR) is 122 cm³/mol. The van der Waals surface area contributed by atoms with Gasteiger partial charge in [0.1, 0.15) is 11.9 Å².